The van der Waals surface area contributed by atoms with Gasteiger partial charge in [0.05, 0.1) is 6.04 Å². The number of pyridine rings is 1. The Bertz CT molecular complexity index is 537. The van der Waals surface area contributed by atoms with Crippen LogP contribution in [0.5, 0.6) is 0 Å². The zero-order valence-corrected chi connectivity index (χ0v) is 10.8. The number of halogens is 1. The number of aromatic carboxylic acids is 1. The molecule has 2 rings (SSSR count). The first-order valence-electron chi connectivity index (χ1n) is 5.10. The van der Waals surface area contributed by atoms with Crippen LogP contribution in [0.1, 0.15) is 29.0 Å². The van der Waals surface area contributed by atoms with Crippen molar-refractivity contribution < 1.29 is 9.90 Å². The van der Waals surface area contributed by atoms with Gasteiger partial charge in [-0.2, -0.15) is 0 Å². The summed E-state index contributed by atoms with van der Waals surface area (Å²) >= 11 is 3.29. The highest BCUT2D eigenvalue weighted by molar-refractivity contribution is 9.10. The van der Waals surface area contributed by atoms with E-state index in [2.05, 4.69) is 20.9 Å². The highest BCUT2D eigenvalue weighted by Gasteiger charge is 2.17. The Hall–Kier alpha value is -1.62. The molecule has 0 amide bonds. The number of hydrogen-bond donors (Lipinski definition) is 1. The van der Waals surface area contributed by atoms with Gasteiger partial charge < -0.3 is 9.67 Å². The average molecular weight is 295 g/mol. The largest absolute Gasteiger partial charge is 0.477 e. The van der Waals surface area contributed by atoms with Gasteiger partial charge in [0.25, 0.3) is 0 Å². The Balaban J connectivity index is 2.44. The van der Waals surface area contributed by atoms with E-state index in [0.717, 1.165) is 10.0 Å². The van der Waals surface area contributed by atoms with Crippen molar-refractivity contribution in [2.24, 2.45) is 0 Å². The highest BCUT2D eigenvalue weighted by atomic mass is 79.9. The van der Waals surface area contributed by atoms with E-state index in [1.807, 2.05) is 19.1 Å². The molecule has 17 heavy (non-hydrogen) atoms. The van der Waals surface area contributed by atoms with Crippen molar-refractivity contribution >= 4 is 21.9 Å². The first kappa shape index (κ1) is 11.9. The molecule has 0 aromatic carbocycles. The third-order valence-electron chi connectivity index (χ3n) is 2.62. The lowest BCUT2D eigenvalue weighted by atomic mass is 10.1. The van der Waals surface area contributed by atoms with Gasteiger partial charge in [0.15, 0.2) is 0 Å². The second kappa shape index (κ2) is 4.71. The summed E-state index contributed by atoms with van der Waals surface area (Å²) in [6.07, 6.45) is 5.20. The van der Waals surface area contributed by atoms with Gasteiger partial charge in [0, 0.05) is 23.1 Å². The minimum Gasteiger partial charge on any atom is -0.477 e. The lowest BCUT2D eigenvalue weighted by molar-refractivity contribution is 0.0684. The Morgan fingerprint density at radius 3 is 2.94 bits per heavy atom. The topological polar surface area (TPSA) is 55.1 Å². The number of aromatic nitrogens is 2. The molecule has 88 valence electrons. The zero-order valence-electron chi connectivity index (χ0n) is 9.17. The summed E-state index contributed by atoms with van der Waals surface area (Å²) in [6.45, 7) is 1.94. The summed E-state index contributed by atoms with van der Waals surface area (Å²) in [6, 6.07) is 5.29. The number of carboxylic acid groups (broad SMARTS) is 1. The van der Waals surface area contributed by atoms with Crippen LogP contribution in [0.2, 0.25) is 0 Å². The number of carboxylic acids is 1. The van der Waals surface area contributed by atoms with Crippen LogP contribution in [0.25, 0.3) is 0 Å². The second-order valence-electron chi connectivity index (χ2n) is 3.72. The minimum atomic E-state index is -0.938. The molecule has 4 nitrogen and oxygen atoms in total. The molecule has 0 spiro atoms. The molecule has 0 aliphatic carbocycles. The Morgan fingerprint density at radius 1 is 1.59 bits per heavy atom. The summed E-state index contributed by atoms with van der Waals surface area (Å²) in [5, 5.41) is 9.12. The SMILES string of the molecule is CC(c1cccnc1)n1cc(Br)cc1C(=O)O. The standard InChI is InChI=1S/C12H11BrN2O2/c1-8(9-3-2-4-14-6-9)15-7-10(13)5-11(15)12(16)17/h2-8H,1H3,(H,16,17). The maximum atomic E-state index is 11.1. The summed E-state index contributed by atoms with van der Waals surface area (Å²) in [4.78, 5) is 15.2. The molecular weight excluding hydrogens is 284 g/mol. The van der Waals surface area contributed by atoms with Crippen LogP contribution in [0.15, 0.2) is 41.3 Å². The molecule has 0 aliphatic heterocycles. The van der Waals surface area contributed by atoms with Crippen LogP contribution in [-0.4, -0.2) is 20.6 Å². The maximum Gasteiger partial charge on any atom is 0.352 e. The van der Waals surface area contributed by atoms with Crippen molar-refractivity contribution in [2.45, 2.75) is 13.0 Å². The second-order valence-corrected chi connectivity index (χ2v) is 4.63. The highest BCUT2D eigenvalue weighted by Crippen LogP contribution is 2.23. The summed E-state index contributed by atoms with van der Waals surface area (Å²) < 4.78 is 2.47. The van der Waals surface area contributed by atoms with Crippen LogP contribution in [0.4, 0.5) is 0 Å². The van der Waals surface area contributed by atoms with E-state index in [0.29, 0.717) is 0 Å². The van der Waals surface area contributed by atoms with E-state index in [4.69, 9.17) is 5.11 Å². The van der Waals surface area contributed by atoms with Gasteiger partial charge in [-0.25, -0.2) is 4.79 Å². The van der Waals surface area contributed by atoms with Gasteiger partial charge in [-0.3, -0.25) is 4.98 Å². The molecule has 0 radical (unpaired) electrons. The molecule has 0 bridgehead atoms. The molecule has 2 aromatic rings. The van der Waals surface area contributed by atoms with E-state index >= 15 is 0 Å². The monoisotopic (exact) mass is 294 g/mol. The number of nitrogens with zero attached hydrogens (tertiary/aromatic N) is 2. The van der Waals surface area contributed by atoms with E-state index < -0.39 is 5.97 Å². The molecule has 0 aliphatic rings. The molecule has 2 aromatic heterocycles. The fraction of sp³-hybridized carbons (Fsp3) is 0.167. The van der Waals surface area contributed by atoms with Crippen molar-refractivity contribution in [3.63, 3.8) is 0 Å². The van der Waals surface area contributed by atoms with Crippen LogP contribution < -0.4 is 0 Å². The predicted octanol–water partition coefficient (Wildman–Crippen LogP) is 2.95. The van der Waals surface area contributed by atoms with E-state index in [9.17, 15) is 4.79 Å². The normalized spacial score (nSPS) is 12.4. The van der Waals surface area contributed by atoms with Gasteiger partial charge in [-0.15, -0.1) is 0 Å². The third kappa shape index (κ3) is 2.39. The first-order chi connectivity index (χ1) is 8.09. The van der Waals surface area contributed by atoms with Gasteiger partial charge in [0.2, 0.25) is 0 Å². The average Bonchev–Trinajstić information content (AvgIpc) is 2.72. The van der Waals surface area contributed by atoms with Crippen molar-refractivity contribution in [3.8, 4) is 0 Å². The van der Waals surface area contributed by atoms with Crippen LogP contribution in [0, 0.1) is 0 Å². The zero-order chi connectivity index (χ0) is 12.4. The third-order valence-corrected chi connectivity index (χ3v) is 3.05. The molecule has 1 N–H and O–H groups in total. The number of rotatable bonds is 3. The first-order valence-corrected chi connectivity index (χ1v) is 5.89. The van der Waals surface area contributed by atoms with Gasteiger partial charge >= 0.3 is 5.97 Å². The van der Waals surface area contributed by atoms with E-state index in [1.54, 1.807) is 29.2 Å². The Labute approximate surface area is 107 Å². The van der Waals surface area contributed by atoms with Crippen molar-refractivity contribution in [3.05, 3.63) is 52.5 Å². The smallest absolute Gasteiger partial charge is 0.352 e. The molecule has 0 saturated carbocycles. The van der Waals surface area contributed by atoms with E-state index in [-0.39, 0.29) is 11.7 Å². The summed E-state index contributed by atoms with van der Waals surface area (Å²) in [5.41, 5.74) is 1.23. The Kier molecular flexibility index (Phi) is 3.28. The fourth-order valence-electron chi connectivity index (χ4n) is 1.72. The van der Waals surface area contributed by atoms with Crippen LogP contribution in [0.3, 0.4) is 0 Å². The molecular formula is C12H11BrN2O2. The molecule has 1 unspecified atom stereocenters. The van der Waals surface area contributed by atoms with Gasteiger partial charge in [0.1, 0.15) is 5.69 Å². The summed E-state index contributed by atoms with van der Waals surface area (Å²) in [7, 11) is 0. The van der Waals surface area contributed by atoms with Gasteiger partial charge in [-0.05, 0) is 40.5 Å². The molecule has 2 heterocycles. The molecule has 0 saturated heterocycles. The molecule has 1 atom stereocenters. The lowest BCUT2D eigenvalue weighted by Gasteiger charge is -2.15. The van der Waals surface area contributed by atoms with E-state index in [1.165, 1.54) is 0 Å². The summed E-state index contributed by atoms with van der Waals surface area (Å²) in [5.74, 6) is -0.938. The quantitative estimate of drug-likeness (QED) is 0.947. The van der Waals surface area contributed by atoms with Crippen molar-refractivity contribution in [2.75, 3.05) is 0 Å². The van der Waals surface area contributed by atoms with Crippen LogP contribution >= 0.6 is 15.9 Å². The lowest BCUT2D eigenvalue weighted by Crippen LogP contribution is -2.12. The fourth-order valence-corrected chi connectivity index (χ4v) is 2.16. The predicted molar refractivity (Wildman–Crippen MR) is 67.1 cm³/mol. The van der Waals surface area contributed by atoms with Crippen molar-refractivity contribution in [1.82, 2.24) is 9.55 Å². The molecule has 5 heteroatoms. The number of carbonyl (C=O) groups is 1. The van der Waals surface area contributed by atoms with Gasteiger partial charge in [-0.1, -0.05) is 6.07 Å². The molecule has 0 fully saturated rings. The van der Waals surface area contributed by atoms with Crippen molar-refractivity contribution in [1.29, 1.82) is 0 Å². The Morgan fingerprint density at radius 2 is 2.35 bits per heavy atom. The number of hydrogen-bond acceptors (Lipinski definition) is 2. The minimum absolute atomic E-state index is 0.0684. The van der Waals surface area contributed by atoms with Crippen LogP contribution in [-0.2, 0) is 0 Å². The maximum absolute atomic E-state index is 11.1.